The van der Waals surface area contributed by atoms with Crippen molar-refractivity contribution in [2.45, 2.75) is 20.3 Å². The molecular formula is C19H22N6O. The van der Waals surface area contributed by atoms with Crippen LogP contribution in [0.3, 0.4) is 0 Å². The molecule has 0 radical (unpaired) electrons. The lowest BCUT2D eigenvalue weighted by molar-refractivity contribution is 0.252. The van der Waals surface area contributed by atoms with Gasteiger partial charge < -0.3 is 10.6 Å². The number of urea groups is 1. The van der Waals surface area contributed by atoms with Crippen LogP contribution in [0.1, 0.15) is 18.1 Å². The highest BCUT2D eigenvalue weighted by atomic mass is 16.2. The molecule has 7 nitrogen and oxygen atoms in total. The van der Waals surface area contributed by atoms with Crippen molar-refractivity contribution < 1.29 is 4.79 Å². The van der Waals surface area contributed by atoms with Crippen LogP contribution in [0.25, 0.3) is 11.2 Å². The average Bonchev–Trinajstić information content (AvgIpc) is 2.63. The molecule has 3 rings (SSSR count). The normalized spacial score (nSPS) is 10.5. The third-order valence-corrected chi connectivity index (χ3v) is 3.83. The SMILES string of the molecule is CCNC(=O)Nc1ccc2ncc(NCCc3ccc(C)cc3)nc2n1. The van der Waals surface area contributed by atoms with E-state index >= 15 is 0 Å². The molecule has 0 spiro atoms. The first-order chi connectivity index (χ1) is 12.6. The zero-order valence-electron chi connectivity index (χ0n) is 14.9. The van der Waals surface area contributed by atoms with Crippen LogP contribution in [-0.2, 0) is 6.42 Å². The maximum Gasteiger partial charge on any atom is 0.320 e. The molecule has 134 valence electrons. The molecule has 0 aliphatic heterocycles. The number of anilines is 2. The summed E-state index contributed by atoms with van der Waals surface area (Å²) in [4.78, 5) is 24.8. The van der Waals surface area contributed by atoms with Gasteiger partial charge in [0.2, 0.25) is 0 Å². The number of carbonyl (C=O) groups is 1. The Hall–Kier alpha value is -3.22. The van der Waals surface area contributed by atoms with Gasteiger partial charge in [-0.2, -0.15) is 0 Å². The summed E-state index contributed by atoms with van der Waals surface area (Å²) in [5, 5.41) is 8.60. The fourth-order valence-corrected chi connectivity index (χ4v) is 2.46. The van der Waals surface area contributed by atoms with Crippen molar-refractivity contribution in [1.82, 2.24) is 20.3 Å². The van der Waals surface area contributed by atoms with E-state index < -0.39 is 0 Å². The fourth-order valence-electron chi connectivity index (χ4n) is 2.46. The fraction of sp³-hybridized carbons (Fsp3) is 0.263. The largest absolute Gasteiger partial charge is 0.368 e. The number of nitrogens with one attached hydrogen (secondary N) is 3. The second kappa shape index (κ2) is 8.24. The van der Waals surface area contributed by atoms with Gasteiger partial charge >= 0.3 is 6.03 Å². The number of aryl methyl sites for hydroxylation is 1. The molecule has 26 heavy (non-hydrogen) atoms. The smallest absolute Gasteiger partial charge is 0.320 e. The van der Waals surface area contributed by atoms with Crippen molar-refractivity contribution >= 4 is 28.8 Å². The summed E-state index contributed by atoms with van der Waals surface area (Å²) in [7, 11) is 0. The van der Waals surface area contributed by atoms with Crippen molar-refractivity contribution in [2.75, 3.05) is 23.7 Å². The maximum atomic E-state index is 11.6. The molecule has 1 aromatic carbocycles. The third-order valence-electron chi connectivity index (χ3n) is 3.83. The zero-order valence-corrected chi connectivity index (χ0v) is 14.9. The predicted molar refractivity (Wildman–Crippen MR) is 103 cm³/mol. The molecule has 3 N–H and O–H groups in total. The van der Waals surface area contributed by atoms with E-state index in [1.54, 1.807) is 18.3 Å². The van der Waals surface area contributed by atoms with Crippen LogP contribution in [0.4, 0.5) is 16.4 Å². The summed E-state index contributed by atoms with van der Waals surface area (Å²) >= 11 is 0. The Kier molecular flexibility index (Phi) is 5.58. The Balaban J connectivity index is 1.65. The van der Waals surface area contributed by atoms with Crippen LogP contribution in [0.15, 0.2) is 42.6 Å². The lowest BCUT2D eigenvalue weighted by Crippen LogP contribution is -2.28. The highest BCUT2D eigenvalue weighted by molar-refractivity contribution is 5.89. The summed E-state index contributed by atoms with van der Waals surface area (Å²) in [6.45, 7) is 5.23. The van der Waals surface area contributed by atoms with Gasteiger partial charge in [0.05, 0.1) is 6.20 Å². The maximum absolute atomic E-state index is 11.6. The highest BCUT2D eigenvalue weighted by Crippen LogP contribution is 2.14. The molecule has 0 atom stereocenters. The molecule has 0 aliphatic rings. The van der Waals surface area contributed by atoms with Crippen LogP contribution < -0.4 is 16.0 Å². The minimum atomic E-state index is -0.292. The molecule has 0 saturated heterocycles. The third kappa shape index (κ3) is 4.66. The number of hydrogen-bond acceptors (Lipinski definition) is 5. The van der Waals surface area contributed by atoms with E-state index in [4.69, 9.17) is 0 Å². The van der Waals surface area contributed by atoms with Gasteiger partial charge in [-0.15, -0.1) is 0 Å². The van der Waals surface area contributed by atoms with E-state index in [0.717, 1.165) is 13.0 Å². The number of nitrogens with zero attached hydrogens (tertiary/aromatic N) is 3. The van der Waals surface area contributed by atoms with Gasteiger partial charge in [-0.3, -0.25) is 5.32 Å². The van der Waals surface area contributed by atoms with E-state index in [2.05, 4.69) is 62.1 Å². The predicted octanol–water partition coefficient (Wildman–Crippen LogP) is 3.13. The number of pyridine rings is 1. The number of hydrogen-bond donors (Lipinski definition) is 3. The van der Waals surface area contributed by atoms with Crippen molar-refractivity contribution in [2.24, 2.45) is 0 Å². The van der Waals surface area contributed by atoms with Crippen LogP contribution in [-0.4, -0.2) is 34.1 Å². The van der Waals surface area contributed by atoms with Gasteiger partial charge in [0.15, 0.2) is 5.65 Å². The molecule has 0 unspecified atom stereocenters. The number of aromatic nitrogens is 3. The lowest BCUT2D eigenvalue weighted by atomic mass is 10.1. The monoisotopic (exact) mass is 350 g/mol. The van der Waals surface area contributed by atoms with Gasteiger partial charge in [0.1, 0.15) is 17.2 Å². The second-order valence-corrected chi connectivity index (χ2v) is 5.94. The molecule has 2 heterocycles. The minimum absolute atomic E-state index is 0.292. The van der Waals surface area contributed by atoms with Crippen LogP contribution >= 0.6 is 0 Å². The van der Waals surface area contributed by atoms with Crippen molar-refractivity contribution in [3.8, 4) is 0 Å². The Morgan fingerprint density at radius 1 is 1.04 bits per heavy atom. The summed E-state index contributed by atoms with van der Waals surface area (Å²) in [5.74, 6) is 1.10. The van der Waals surface area contributed by atoms with Crippen molar-refractivity contribution in [1.29, 1.82) is 0 Å². The van der Waals surface area contributed by atoms with Crippen molar-refractivity contribution in [3.63, 3.8) is 0 Å². The Bertz CT molecular complexity index is 894. The van der Waals surface area contributed by atoms with Gasteiger partial charge in [-0.25, -0.2) is 19.7 Å². The molecule has 3 aromatic rings. The molecule has 0 saturated carbocycles. The number of rotatable bonds is 6. The van der Waals surface area contributed by atoms with Gasteiger partial charge in [-0.1, -0.05) is 29.8 Å². The quantitative estimate of drug-likeness (QED) is 0.635. The average molecular weight is 350 g/mol. The summed E-state index contributed by atoms with van der Waals surface area (Å²) in [5.41, 5.74) is 3.68. The van der Waals surface area contributed by atoms with Crippen molar-refractivity contribution in [3.05, 3.63) is 53.7 Å². The molecule has 2 aromatic heterocycles. The number of amides is 2. The van der Waals surface area contributed by atoms with Crippen LogP contribution in [0.5, 0.6) is 0 Å². The van der Waals surface area contributed by atoms with Gasteiger partial charge in [-0.05, 0) is 38.0 Å². The number of fused-ring (bicyclic) bond motifs is 1. The Morgan fingerprint density at radius 3 is 2.58 bits per heavy atom. The number of benzene rings is 1. The first-order valence-electron chi connectivity index (χ1n) is 8.62. The van der Waals surface area contributed by atoms with E-state index in [-0.39, 0.29) is 6.03 Å². The molecule has 2 amide bonds. The first kappa shape index (κ1) is 17.6. The minimum Gasteiger partial charge on any atom is -0.368 e. The first-order valence-corrected chi connectivity index (χ1v) is 8.62. The molecular weight excluding hydrogens is 328 g/mol. The zero-order chi connectivity index (χ0) is 18.4. The Labute approximate surface area is 152 Å². The summed E-state index contributed by atoms with van der Waals surface area (Å²) in [6, 6.07) is 11.7. The summed E-state index contributed by atoms with van der Waals surface area (Å²) < 4.78 is 0. The molecule has 0 aliphatic carbocycles. The molecule has 7 heteroatoms. The topological polar surface area (TPSA) is 91.8 Å². The van der Waals surface area contributed by atoms with Crippen LogP contribution in [0.2, 0.25) is 0 Å². The lowest BCUT2D eigenvalue weighted by Gasteiger charge is -2.08. The van der Waals surface area contributed by atoms with E-state index in [1.807, 2.05) is 6.92 Å². The summed E-state index contributed by atoms with van der Waals surface area (Å²) in [6.07, 6.45) is 2.59. The molecule has 0 bridgehead atoms. The van der Waals surface area contributed by atoms with Crippen LogP contribution in [0, 0.1) is 6.92 Å². The Morgan fingerprint density at radius 2 is 1.81 bits per heavy atom. The standard InChI is InChI=1S/C19H22N6O/c1-3-20-19(26)25-16-9-8-15-18(23-16)24-17(12-22-15)21-11-10-14-6-4-13(2)5-7-14/h4-9,12H,3,10-11H2,1-2H3,(H3,20,21,23,24,25,26). The van der Waals surface area contributed by atoms with Gasteiger partial charge in [0, 0.05) is 13.1 Å². The number of carbonyl (C=O) groups excluding carboxylic acids is 1. The second-order valence-electron chi connectivity index (χ2n) is 5.94. The van der Waals surface area contributed by atoms with E-state index in [9.17, 15) is 4.79 Å². The van der Waals surface area contributed by atoms with E-state index in [1.165, 1.54) is 11.1 Å². The van der Waals surface area contributed by atoms with E-state index in [0.29, 0.717) is 29.3 Å². The molecule has 0 fully saturated rings. The van der Waals surface area contributed by atoms with Gasteiger partial charge in [0.25, 0.3) is 0 Å². The highest BCUT2D eigenvalue weighted by Gasteiger charge is 2.05.